The van der Waals surface area contributed by atoms with Gasteiger partial charge < -0.3 is 0 Å². The number of thiophene rings is 1. The zero-order chi connectivity index (χ0) is 12.3. The SMILES string of the molecule is CNS(=O)(=O)c1cc(C(=O)CC(C)C)cs1. The number of nitrogens with one attached hydrogen (secondary N) is 1. The van der Waals surface area contributed by atoms with Crippen LogP contribution in [0.25, 0.3) is 0 Å². The molecule has 0 saturated carbocycles. The van der Waals surface area contributed by atoms with Gasteiger partial charge >= 0.3 is 0 Å². The third-order valence-electron chi connectivity index (χ3n) is 2.02. The molecule has 90 valence electrons. The van der Waals surface area contributed by atoms with Crippen molar-refractivity contribution >= 4 is 27.1 Å². The maximum atomic E-state index is 11.7. The molecule has 0 fully saturated rings. The lowest BCUT2D eigenvalue weighted by Crippen LogP contribution is -2.17. The molecule has 1 aromatic heterocycles. The molecular formula is C10H15NO3S2. The maximum Gasteiger partial charge on any atom is 0.249 e. The third kappa shape index (κ3) is 3.13. The molecule has 0 bridgehead atoms. The highest BCUT2D eigenvalue weighted by Gasteiger charge is 2.17. The second-order valence-corrected chi connectivity index (χ2v) is 6.91. The lowest BCUT2D eigenvalue weighted by Gasteiger charge is -2.00. The highest BCUT2D eigenvalue weighted by atomic mass is 32.2. The van der Waals surface area contributed by atoms with Crippen molar-refractivity contribution in [2.45, 2.75) is 24.5 Å². The van der Waals surface area contributed by atoms with Gasteiger partial charge in [-0.05, 0) is 19.0 Å². The van der Waals surface area contributed by atoms with Crippen molar-refractivity contribution in [1.82, 2.24) is 4.72 Å². The first-order valence-electron chi connectivity index (χ1n) is 4.92. The molecule has 16 heavy (non-hydrogen) atoms. The Balaban J connectivity index is 2.92. The molecule has 0 aliphatic heterocycles. The summed E-state index contributed by atoms with van der Waals surface area (Å²) < 4.78 is 25.3. The molecule has 1 N–H and O–H groups in total. The zero-order valence-electron chi connectivity index (χ0n) is 9.48. The average molecular weight is 261 g/mol. The van der Waals surface area contributed by atoms with Gasteiger partial charge in [-0.15, -0.1) is 11.3 Å². The van der Waals surface area contributed by atoms with Gasteiger partial charge in [0.15, 0.2) is 5.78 Å². The van der Waals surface area contributed by atoms with Crippen molar-refractivity contribution in [1.29, 1.82) is 0 Å². The van der Waals surface area contributed by atoms with E-state index in [1.54, 1.807) is 5.38 Å². The molecule has 0 aromatic carbocycles. The summed E-state index contributed by atoms with van der Waals surface area (Å²) in [5.74, 6) is 0.264. The summed E-state index contributed by atoms with van der Waals surface area (Å²) in [5, 5.41) is 1.59. The first-order chi connectivity index (χ1) is 7.36. The lowest BCUT2D eigenvalue weighted by molar-refractivity contribution is 0.0968. The Morgan fingerprint density at radius 3 is 2.62 bits per heavy atom. The largest absolute Gasteiger partial charge is 0.294 e. The normalized spacial score (nSPS) is 12.0. The summed E-state index contributed by atoms with van der Waals surface area (Å²) in [7, 11) is -2.07. The zero-order valence-corrected chi connectivity index (χ0v) is 11.1. The molecule has 0 saturated heterocycles. The third-order valence-corrected chi connectivity index (χ3v) is 4.88. The van der Waals surface area contributed by atoms with E-state index in [1.165, 1.54) is 13.1 Å². The summed E-state index contributed by atoms with van der Waals surface area (Å²) in [4.78, 5) is 11.7. The fraction of sp³-hybridized carbons (Fsp3) is 0.500. The van der Waals surface area contributed by atoms with E-state index in [0.717, 1.165) is 11.3 Å². The molecule has 6 heteroatoms. The quantitative estimate of drug-likeness (QED) is 0.823. The van der Waals surface area contributed by atoms with E-state index in [4.69, 9.17) is 0 Å². The highest BCUT2D eigenvalue weighted by Crippen LogP contribution is 2.21. The van der Waals surface area contributed by atoms with Gasteiger partial charge in [-0.2, -0.15) is 0 Å². The van der Waals surface area contributed by atoms with E-state index in [2.05, 4.69) is 4.72 Å². The van der Waals surface area contributed by atoms with Crippen LogP contribution in [-0.2, 0) is 10.0 Å². The van der Waals surface area contributed by atoms with Gasteiger partial charge in [0.25, 0.3) is 0 Å². The van der Waals surface area contributed by atoms with Crippen LogP contribution in [0.2, 0.25) is 0 Å². The van der Waals surface area contributed by atoms with E-state index in [9.17, 15) is 13.2 Å². The van der Waals surface area contributed by atoms with Crippen LogP contribution in [0, 0.1) is 5.92 Å². The Hall–Kier alpha value is -0.720. The van der Waals surface area contributed by atoms with Crippen molar-refractivity contribution in [3.05, 3.63) is 17.0 Å². The van der Waals surface area contributed by atoms with Crippen LogP contribution < -0.4 is 4.72 Å². The number of carbonyl (C=O) groups is 1. The molecule has 0 spiro atoms. The Kier molecular flexibility index (Phi) is 4.23. The number of ketones is 1. The van der Waals surface area contributed by atoms with Gasteiger partial charge in [-0.1, -0.05) is 13.8 Å². The minimum absolute atomic E-state index is 0.0104. The number of hydrogen-bond acceptors (Lipinski definition) is 4. The highest BCUT2D eigenvalue weighted by molar-refractivity contribution is 7.91. The summed E-state index contributed by atoms with van der Waals surface area (Å²) in [6.45, 7) is 3.91. The molecule has 1 heterocycles. The van der Waals surface area contributed by atoms with Gasteiger partial charge in [-0.25, -0.2) is 13.1 Å². The molecule has 0 amide bonds. The van der Waals surface area contributed by atoms with Crippen molar-refractivity contribution in [2.24, 2.45) is 5.92 Å². The Morgan fingerprint density at radius 1 is 1.50 bits per heavy atom. The standard InChI is InChI=1S/C10H15NO3S2/c1-7(2)4-9(12)8-5-10(15-6-8)16(13,14)11-3/h5-7,11H,4H2,1-3H3. The van der Waals surface area contributed by atoms with E-state index in [1.807, 2.05) is 13.8 Å². The Morgan fingerprint density at radius 2 is 2.12 bits per heavy atom. The summed E-state index contributed by atoms with van der Waals surface area (Å²) in [5.41, 5.74) is 0.479. The number of sulfonamides is 1. The van der Waals surface area contributed by atoms with Crippen molar-refractivity contribution < 1.29 is 13.2 Å². The summed E-state index contributed by atoms with van der Waals surface area (Å²) >= 11 is 1.07. The minimum Gasteiger partial charge on any atom is -0.294 e. The van der Waals surface area contributed by atoms with Gasteiger partial charge in [-0.3, -0.25) is 4.79 Å². The van der Waals surface area contributed by atoms with Crippen LogP contribution in [-0.4, -0.2) is 21.2 Å². The van der Waals surface area contributed by atoms with E-state index >= 15 is 0 Å². The fourth-order valence-electron chi connectivity index (χ4n) is 1.19. The predicted octanol–water partition coefficient (Wildman–Crippen LogP) is 1.89. The smallest absolute Gasteiger partial charge is 0.249 e. The van der Waals surface area contributed by atoms with E-state index < -0.39 is 10.0 Å². The monoisotopic (exact) mass is 261 g/mol. The molecule has 4 nitrogen and oxygen atoms in total. The van der Waals surface area contributed by atoms with Gasteiger partial charge in [0.05, 0.1) is 0 Å². The van der Waals surface area contributed by atoms with Crippen molar-refractivity contribution in [3.63, 3.8) is 0 Å². The molecule has 1 aromatic rings. The van der Waals surface area contributed by atoms with Gasteiger partial charge in [0.1, 0.15) is 4.21 Å². The van der Waals surface area contributed by atoms with E-state index in [0.29, 0.717) is 12.0 Å². The lowest BCUT2D eigenvalue weighted by atomic mass is 10.0. The van der Waals surface area contributed by atoms with Crippen molar-refractivity contribution in [2.75, 3.05) is 7.05 Å². The van der Waals surface area contributed by atoms with Crippen LogP contribution >= 0.6 is 11.3 Å². The molecule has 1 rings (SSSR count). The summed E-state index contributed by atoms with van der Waals surface area (Å²) in [6.07, 6.45) is 0.440. The van der Waals surface area contributed by atoms with Crippen LogP contribution in [0.3, 0.4) is 0 Å². The second-order valence-electron chi connectivity index (χ2n) is 3.88. The van der Waals surface area contributed by atoms with Crippen LogP contribution in [0.4, 0.5) is 0 Å². The first kappa shape index (κ1) is 13.3. The van der Waals surface area contributed by atoms with Gasteiger partial charge in [0.2, 0.25) is 10.0 Å². The fourth-order valence-corrected chi connectivity index (χ4v) is 3.21. The van der Waals surface area contributed by atoms with Crippen molar-refractivity contribution in [3.8, 4) is 0 Å². The topological polar surface area (TPSA) is 63.2 Å². The Bertz CT molecular complexity index is 474. The second kappa shape index (κ2) is 5.07. The van der Waals surface area contributed by atoms with Gasteiger partial charge in [0, 0.05) is 17.4 Å². The Labute approximate surface area is 99.7 Å². The first-order valence-corrected chi connectivity index (χ1v) is 7.28. The predicted molar refractivity (Wildman–Crippen MR) is 64.4 cm³/mol. The maximum absolute atomic E-state index is 11.7. The average Bonchev–Trinajstić information content (AvgIpc) is 2.66. The molecule has 0 radical (unpaired) electrons. The molecule has 0 atom stereocenters. The molecule has 0 aliphatic rings. The number of rotatable bonds is 5. The van der Waals surface area contributed by atoms with Crippen LogP contribution in [0.1, 0.15) is 30.6 Å². The molecule has 0 unspecified atom stereocenters. The van der Waals surface area contributed by atoms with Crippen LogP contribution in [0.15, 0.2) is 15.7 Å². The summed E-state index contributed by atoms with van der Waals surface area (Å²) in [6, 6.07) is 1.43. The molecule has 0 aliphatic carbocycles. The number of carbonyl (C=O) groups excluding carboxylic acids is 1. The van der Waals surface area contributed by atoms with Crippen LogP contribution in [0.5, 0.6) is 0 Å². The molecular weight excluding hydrogens is 246 g/mol. The van der Waals surface area contributed by atoms with E-state index in [-0.39, 0.29) is 15.9 Å². The minimum atomic E-state index is -3.42. The number of hydrogen-bond donors (Lipinski definition) is 1. The number of Topliss-reactive ketones (excluding diaryl/α,β-unsaturated/α-hetero) is 1.